The number of hydrogen-bond donors (Lipinski definition) is 1. The summed E-state index contributed by atoms with van der Waals surface area (Å²) in [6, 6.07) is 21.8. The summed E-state index contributed by atoms with van der Waals surface area (Å²) in [5, 5.41) is 7.47. The van der Waals surface area contributed by atoms with Gasteiger partial charge in [0.1, 0.15) is 5.82 Å². The molecular weight excluding hydrogens is 376 g/mol. The number of hydrogen-bond acceptors (Lipinski definition) is 4. The number of rotatable bonds is 8. The number of anilines is 1. The van der Waals surface area contributed by atoms with Crippen LogP contribution in [-0.2, 0) is 17.8 Å². The first-order chi connectivity index (χ1) is 14.7. The van der Waals surface area contributed by atoms with Gasteiger partial charge in [-0.25, -0.2) is 9.67 Å². The molecule has 2 heterocycles. The summed E-state index contributed by atoms with van der Waals surface area (Å²) in [5.74, 6) is 2.06. The van der Waals surface area contributed by atoms with Crippen LogP contribution in [0.25, 0.3) is 11.3 Å². The molecule has 0 aliphatic carbocycles. The summed E-state index contributed by atoms with van der Waals surface area (Å²) in [4.78, 5) is 16.8. The van der Waals surface area contributed by atoms with Crippen LogP contribution in [0.15, 0.2) is 77.3 Å². The molecule has 2 aromatic carbocycles. The second-order valence-electron chi connectivity index (χ2n) is 7.20. The number of oxazole rings is 1. The highest BCUT2D eigenvalue weighted by Crippen LogP contribution is 2.20. The van der Waals surface area contributed by atoms with Crippen molar-refractivity contribution < 1.29 is 9.21 Å². The van der Waals surface area contributed by atoms with Crippen molar-refractivity contribution in [2.24, 2.45) is 0 Å². The van der Waals surface area contributed by atoms with Crippen molar-refractivity contribution in [1.29, 1.82) is 0 Å². The Kier molecular flexibility index (Phi) is 6.03. The minimum Gasteiger partial charge on any atom is -0.441 e. The van der Waals surface area contributed by atoms with E-state index in [0.717, 1.165) is 22.6 Å². The van der Waals surface area contributed by atoms with E-state index in [9.17, 15) is 4.79 Å². The fourth-order valence-corrected chi connectivity index (χ4v) is 3.29. The summed E-state index contributed by atoms with van der Waals surface area (Å²) in [5.41, 5.74) is 3.00. The standard InChI is InChI=1S/C24H24N4O2/c1-18-15-22(28(27-18)17-19-9-4-2-5-10-19)26-23(29)13-8-14-24-25-16-21(30-24)20-11-6-3-7-12-20/h2-7,9-12,15-16H,8,13-14,17H2,1H3,(H,26,29). The fourth-order valence-electron chi connectivity index (χ4n) is 3.29. The molecule has 0 unspecified atom stereocenters. The lowest BCUT2D eigenvalue weighted by Crippen LogP contribution is -2.16. The maximum atomic E-state index is 12.4. The highest BCUT2D eigenvalue weighted by molar-refractivity contribution is 5.89. The van der Waals surface area contributed by atoms with Crippen molar-refractivity contribution in [2.75, 3.05) is 5.32 Å². The van der Waals surface area contributed by atoms with E-state index in [-0.39, 0.29) is 5.91 Å². The fraction of sp³-hybridized carbons (Fsp3) is 0.208. The van der Waals surface area contributed by atoms with Crippen LogP contribution < -0.4 is 5.32 Å². The van der Waals surface area contributed by atoms with Gasteiger partial charge in [0.05, 0.1) is 18.4 Å². The first-order valence-electron chi connectivity index (χ1n) is 10.1. The Bertz CT molecular complexity index is 1100. The predicted octanol–water partition coefficient (Wildman–Crippen LogP) is 4.86. The van der Waals surface area contributed by atoms with Gasteiger partial charge < -0.3 is 9.73 Å². The first-order valence-corrected chi connectivity index (χ1v) is 10.1. The van der Waals surface area contributed by atoms with E-state index in [1.54, 1.807) is 6.20 Å². The van der Waals surface area contributed by atoms with Crippen LogP contribution in [0.3, 0.4) is 0 Å². The van der Waals surface area contributed by atoms with Crippen molar-refractivity contribution in [3.63, 3.8) is 0 Å². The molecule has 0 fully saturated rings. The van der Waals surface area contributed by atoms with Crippen LogP contribution in [0.4, 0.5) is 5.82 Å². The highest BCUT2D eigenvalue weighted by atomic mass is 16.4. The van der Waals surface area contributed by atoms with Gasteiger partial charge in [0, 0.05) is 24.5 Å². The summed E-state index contributed by atoms with van der Waals surface area (Å²) in [6.07, 6.45) is 3.39. The van der Waals surface area contributed by atoms with E-state index in [1.165, 1.54) is 0 Å². The number of carbonyl (C=O) groups is 1. The molecule has 0 spiro atoms. The number of aromatic nitrogens is 3. The van der Waals surface area contributed by atoms with Gasteiger partial charge in [-0.2, -0.15) is 5.10 Å². The summed E-state index contributed by atoms with van der Waals surface area (Å²) < 4.78 is 7.62. The number of nitrogens with zero attached hydrogens (tertiary/aromatic N) is 3. The summed E-state index contributed by atoms with van der Waals surface area (Å²) >= 11 is 0. The lowest BCUT2D eigenvalue weighted by molar-refractivity contribution is -0.116. The lowest BCUT2D eigenvalue weighted by Gasteiger charge is -2.09. The van der Waals surface area contributed by atoms with Gasteiger partial charge in [0.25, 0.3) is 0 Å². The van der Waals surface area contributed by atoms with E-state index in [4.69, 9.17) is 4.42 Å². The van der Waals surface area contributed by atoms with Gasteiger partial charge in [0.2, 0.25) is 5.91 Å². The average Bonchev–Trinajstić information content (AvgIpc) is 3.36. The van der Waals surface area contributed by atoms with Crippen molar-refractivity contribution in [1.82, 2.24) is 14.8 Å². The van der Waals surface area contributed by atoms with Gasteiger partial charge >= 0.3 is 0 Å². The Morgan fingerprint density at radius 3 is 2.57 bits per heavy atom. The molecule has 0 aliphatic heterocycles. The number of carbonyl (C=O) groups excluding carboxylic acids is 1. The Balaban J connectivity index is 1.30. The van der Waals surface area contributed by atoms with Crippen LogP contribution in [0.2, 0.25) is 0 Å². The van der Waals surface area contributed by atoms with Crippen molar-refractivity contribution >= 4 is 11.7 Å². The van der Waals surface area contributed by atoms with Crippen molar-refractivity contribution in [3.05, 3.63) is 90.1 Å². The summed E-state index contributed by atoms with van der Waals surface area (Å²) in [7, 11) is 0. The van der Waals surface area contributed by atoms with Gasteiger partial charge in [-0.05, 0) is 18.9 Å². The molecule has 0 aliphatic rings. The zero-order chi connectivity index (χ0) is 20.8. The van der Waals surface area contributed by atoms with E-state index >= 15 is 0 Å². The molecule has 1 amide bonds. The van der Waals surface area contributed by atoms with Gasteiger partial charge in [-0.3, -0.25) is 4.79 Å². The highest BCUT2D eigenvalue weighted by Gasteiger charge is 2.11. The molecule has 4 aromatic rings. The topological polar surface area (TPSA) is 73.0 Å². The third kappa shape index (κ3) is 5.03. The van der Waals surface area contributed by atoms with E-state index in [2.05, 4.69) is 15.4 Å². The van der Waals surface area contributed by atoms with Gasteiger partial charge in [0.15, 0.2) is 11.7 Å². The number of aryl methyl sites for hydroxylation is 2. The molecule has 0 saturated carbocycles. The number of nitrogens with one attached hydrogen (secondary N) is 1. The zero-order valence-electron chi connectivity index (χ0n) is 16.9. The van der Waals surface area contributed by atoms with Crippen LogP contribution in [0.5, 0.6) is 0 Å². The smallest absolute Gasteiger partial charge is 0.225 e. The number of benzene rings is 2. The molecule has 1 N–H and O–H groups in total. The van der Waals surface area contributed by atoms with Crippen LogP contribution in [-0.4, -0.2) is 20.7 Å². The summed E-state index contributed by atoms with van der Waals surface area (Å²) in [6.45, 7) is 2.53. The Labute approximate surface area is 175 Å². The molecule has 30 heavy (non-hydrogen) atoms. The van der Waals surface area contributed by atoms with Gasteiger partial charge in [-0.15, -0.1) is 0 Å². The predicted molar refractivity (Wildman–Crippen MR) is 116 cm³/mol. The molecule has 0 bridgehead atoms. The SMILES string of the molecule is Cc1cc(NC(=O)CCCc2ncc(-c3ccccc3)o2)n(Cc2ccccc2)n1. The third-order valence-electron chi connectivity index (χ3n) is 4.75. The second-order valence-corrected chi connectivity index (χ2v) is 7.20. The Hall–Kier alpha value is -3.67. The lowest BCUT2D eigenvalue weighted by atomic mass is 10.2. The van der Waals surface area contributed by atoms with E-state index in [0.29, 0.717) is 37.5 Å². The van der Waals surface area contributed by atoms with Crippen LogP contribution in [0, 0.1) is 6.92 Å². The Morgan fingerprint density at radius 1 is 1.07 bits per heavy atom. The largest absolute Gasteiger partial charge is 0.441 e. The molecule has 2 aromatic heterocycles. The average molecular weight is 400 g/mol. The minimum absolute atomic E-state index is 0.0425. The molecule has 4 rings (SSSR count). The van der Waals surface area contributed by atoms with Crippen LogP contribution in [0.1, 0.15) is 30.0 Å². The zero-order valence-corrected chi connectivity index (χ0v) is 16.9. The Morgan fingerprint density at radius 2 is 1.80 bits per heavy atom. The maximum absolute atomic E-state index is 12.4. The second kappa shape index (κ2) is 9.22. The molecular formula is C24H24N4O2. The normalized spacial score (nSPS) is 10.8. The third-order valence-corrected chi connectivity index (χ3v) is 4.75. The van der Waals surface area contributed by atoms with Crippen molar-refractivity contribution in [3.8, 4) is 11.3 Å². The maximum Gasteiger partial charge on any atom is 0.225 e. The van der Waals surface area contributed by atoms with Crippen molar-refractivity contribution in [2.45, 2.75) is 32.7 Å². The number of amides is 1. The minimum atomic E-state index is -0.0425. The van der Waals surface area contributed by atoms with Crippen LogP contribution >= 0.6 is 0 Å². The molecule has 0 saturated heterocycles. The molecule has 152 valence electrons. The molecule has 6 heteroatoms. The quantitative estimate of drug-likeness (QED) is 0.459. The molecule has 6 nitrogen and oxygen atoms in total. The van der Waals surface area contributed by atoms with E-state index in [1.807, 2.05) is 78.3 Å². The molecule has 0 atom stereocenters. The first kappa shape index (κ1) is 19.6. The molecule has 0 radical (unpaired) electrons. The van der Waals surface area contributed by atoms with Gasteiger partial charge in [-0.1, -0.05) is 60.7 Å². The van der Waals surface area contributed by atoms with E-state index < -0.39 is 0 Å². The monoisotopic (exact) mass is 400 g/mol.